The Labute approximate surface area is 174 Å². The van der Waals surface area contributed by atoms with Crippen molar-refractivity contribution in [3.63, 3.8) is 0 Å². The molecule has 7 nitrogen and oxygen atoms in total. The Morgan fingerprint density at radius 2 is 1.83 bits per heavy atom. The van der Waals surface area contributed by atoms with E-state index >= 15 is 0 Å². The van der Waals surface area contributed by atoms with Gasteiger partial charge >= 0.3 is 0 Å². The molecule has 2 heterocycles. The van der Waals surface area contributed by atoms with Crippen molar-refractivity contribution in [1.29, 1.82) is 0 Å². The van der Waals surface area contributed by atoms with Crippen molar-refractivity contribution in [2.45, 2.75) is 33.1 Å². The summed E-state index contributed by atoms with van der Waals surface area (Å²) >= 11 is 0. The van der Waals surface area contributed by atoms with Gasteiger partial charge in [-0.2, -0.15) is 5.10 Å². The fourth-order valence-corrected chi connectivity index (χ4v) is 3.61. The summed E-state index contributed by atoms with van der Waals surface area (Å²) in [5, 5.41) is 7.12. The van der Waals surface area contributed by atoms with Gasteiger partial charge in [0, 0.05) is 29.3 Å². The van der Waals surface area contributed by atoms with Gasteiger partial charge < -0.3 is 9.73 Å². The van der Waals surface area contributed by atoms with Gasteiger partial charge in [-0.15, -0.1) is 0 Å². The molecule has 2 aromatic heterocycles. The lowest BCUT2D eigenvalue weighted by atomic mass is 9.93. The summed E-state index contributed by atoms with van der Waals surface area (Å²) in [6.45, 7) is 3.72. The normalized spacial score (nSPS) is 14.3. The number of pyridine rings is 1. The smallest absolute Gasteiger partial charge is 0.292 e. The fraction of sp³-hybridized carbons (Fsp3) is 0.217. The van der Waals surface area contributed by atoms with Crippen molar-refractivity contribution in [3.05, 3.63) is 82.4 Å². The first-order valence-corrected chi connectivity index (χ1v) is 9.82. The van der Waals surface area contributed by atoms with Crippen LogP contribution in [0, 0.1) is 13.8 Å². The molecule has 0 saturated heterocycles. The summed E-state index contributed by atoms with van der Waals surface area (Å²) in [6.07, 6.45) is 3.86. The van der Waals surface area contributed by atoms with E-state index in [0.717, 1.165) is 29.7 Å². The first-order chi connectivity index (χ1) is 14.5. The Hall–Kier alpha value is -3.74. The minimum absolute atomic E-state index is 0.241. The summed E-state index contributed by atoms with van der Waals surface area (Å²) in [6, 6.07) is 12.6. The zero-order valence-electron chi connectivity index (χ0n) is 16.9. The fourth-order valence-electron chi connectivity index (χ4n) is 3.61. The number of anilines is 1. The molecule has 0 fully saturated rings. The molecular formula is C23H22N4O3. The van der Waals surface area contributed by atoms with Gasteiger partial charge in [-0.05, 0) is 50.5 Å². The number of nitrogens with zero attached hydrogens (tertiary/aromatic N) is 2. The highest BCUT2D eigenvalue weighted by molar-refractivity contribution is 6.09. The van der Waals surface area contributed by atoms with Gasteiger partial charge in [0.25, 0.3) is 11.8 Å². The Bertz CT molecular complexity index is 1130. The average Bonchev–Trinajstić information content (AvgIpc) is 3.10. The zero-order valence-corrected chi connectivity index (χ0v) is 16.9. The lowest BCUT2D eigenvalue weighted by Gasteiger charge is -2.13. The van der Waals surface area contributed by atoms with Crippen molar-refractivity contribution in [2.24, 2.45) is 5.10 Å². The Morgan fingerprint density at radius 3 is 2.60 bits per heavy atom. The van der Waals surface area contributed by atoms with Crippen molar-refractivity contribution in [3.8, 4) is 0 Å². The molecule has 2 N–H and O–H groups in total. The highest BCUT2D eigenvalue weighted by atomic mass is 16.4. The third-order valence-corrected chi connectivity index (χ3v) is 5.12. The largest absolute Gasteiger partial charge is 0.455 e. The summed E-state index contributed by atoms with van der Waals surface area (Å²) in [5.74, 6) is 0.792. The molecule has 0 atom stereocenters. The van der Waals surface area contributed by atoms with Crippen LogP contribution in [0.3, 0.4) is 0 Å². The molecule has 2 amide bonds. The minimum Gasteiger partial charge on any atom is -0.455 e. The maximum Gasteiger partial charge on any atom is 0.292 e. The molecule has 7 heteroatoms. The van der Waals surface area contributed by atoms with Gasteiger partial charge in [0.15, 0.2) is 5.76 Å². The van der Waals surface area contributed by atoms with E-state index in [2.05, 4.69) is 20.8 Å². The Balaban J connectivity index is 1.58. The second-order valence-electron chi connectivity index (χ2n) is 7.19. The molecule has 152 valence electrons. The molecule has 1 aromatic carbocycles. The molecule has 0 spiro atoms. The zero-order chi connectivity index (χ0) is 21.1. The summed E-state index contributed by atoms with van der Waals surface area (Å²) in [7, 11) is 0. The van der Waals surface area contributed by atoms with E-state index in [-0.39, 0.29) is 17.6 Å². The van der Waals surface area contributed by atoms with Gasteiger partial charge in [-0.25, -0.2) is 10.4 Å². The minimum atomic E-state index is -0.358. The number of aromatic nitrogens is 1. The number of furan rings is 1. The number of benzene rings is 1. The first kappa shape index (κ1) is 19.6. The molecule has 0 bridgehead atoms. The van der Waals surface area contributed by atoms with E-state index in [0.29, 0.717) is 29.1 Å². The van der Waals surface area contributed by atoms with E-state index in [1.807, 2.05) is 32.0 Å². The van der Waals surface area contributed by atoms with Gasteiger partial charge in [0.05, 0.1) is 5.71 Å². The number of carbonyl (C=O) groups excluding carboxylic acids is 2. The molecule has 1 aliphatic rings. The predicted octanol–water partition coefficient (Wildman–Crippen LogP) is 4.01. The molecule has 0 aliphatic heterocycles. The number of hydrogen-bond acceptors (Lipinski definition) is 5. The van der Waals surface area contributed by atoms with E-state index in [9.17, 15) is 9.59 Å². The van der Waals surface area contributed by atoms with Crippen LogP contribution in [0.1, 0.15) is 56.2 Å². The standard InChI is InChI=1S/C23H22N4O3/c1-14-8-3-4-9-16(14)22(28)27-26-17-10-7-11-18-20(17)15(2)21(30-18)23(29)25-19-12-5-6-13-24-19/h3-6,8-9,12-13H,7,10-11H2,1-2H3,(H,27,28)(H,24,25,29)/b26-17+. The summed E-state index contributed by atoms with van der Waals surface area (Å²) in [4.78, 5) is 29.3. The number of hydrazone groups is 1. The number of amides is 2. The van der Waals surface area contributed by atoms with E-state index < -0.39 is 0 Å². The van der Waals surface area contributed by atoms with Crippen LogP contribution in [0.25, 0.3) is 0 Å². The maximum atomic E-state index is 12.7. The molecule has 30 heavy (non-hydrogen) atoms. The summed E-state index contributed by atoms with van der Waals surface area (Å²) < 4.78 is 5.88. The first-order valence-electron chi connectivity index (χ1n) is 9.82. The van der Waals surface area contributed by atoms with Crippen LogP contribution >= 0.6 is 0 Å². The molecule has 1 aliphatic carbocycles. The topological polar surface area (TPSA) is 96.6 Å². The SMILES string of the molecule is Cc1ccccc1C(=O)N/N=C1\CCCc2oc(C(=O)Nc3ccccn3)c(C)c21. The van der Waals surface area contributed by atoms with Gasteiger partial charge in [-0.1, -0.05) is 24.3 Å². The molecule has 0 radical (unpaired) electrons. The van der Waals surface area contributed by atoms with Crippen LogP contribution in [0.5, 0.6) is 0 Å². The number of nitrogens with one attached hydrogen (secondary N) is 2. The predicted molar refractivity (Wildman–Crippen MR) is 114 cm³/mol. The maximum absolute atomic E-state index is 12.7. The highest BCUT2D eigenvalue weighted by Gasteiger charge is 2.28. The monoisotopic (exact) mass is 402 g/mol. The van der Waals surface area contributed by atoms with Gasteiger partial charge in [0.1, 0.15) is 11.6 Å². The number of hydrogen-bond donors (Lipinski definition) is 2. The van der Waals surface area contributed by atoms with Crippen LogP contribution < -0.4 is 10.7 Å². The Morgan fingerprint density at radius 1 is 1.03 bits per heavy atom. The molecule has 0 saturated carbocycles. The van der Waals surface area contributed by atoms with Crippen molar-refractivity contribution < 1.29 is 14.0 Å². The van der Waals surface area contributed by atoms with Crippen LogP contribution in [0.15, 0.2) is 58.2 Å². The Kier molecular flexibility index (Phi) is 5.43. The van der Waals surface area contributed by atoms with Gasteiger partial charge in [-0.3, -0.25) is 9.59 Å². The number of aryl methyl sites for hydroxylation is 2. The second-order valence-corrected chi connectivity index (χ2v) is 7.19. The van der Waals surface area contributed by atoms with Gasteiger partial charge in [0.2, 0.25) is 0 Å². The lowest BCUT2D eigenvalue weighted by molar-refractivity contribution is 0.0952. The van der Waals surface area contributed by atoms with E-state index in [1.165, 1.54) is 0 Å². The van der Waals surface area contributed by atoms with Crippen molar-refractivity contribution in [2.75, 3.05) is 5.32 Å². The van der Waals surface area contributed by atoms with Crippen LogP contribution in [-0.2, 0) is 6.42 Å². The quantitative estimate of drug-likeness (QED) is 0.644. The van der Waals surface area contributed by atoms with E-state index in [1.54, 1.807) is 30.5 Å². The van der Waals surface area contributed by atoms with Crippen molar-refractivity contribution >= 4 is 23.3 Å². The van der Waals surface area contributed by atoms with E-state index in [4.69, 9.17) is 4.42 Å². The number of rotatable bonds is 4. The van der Waals surface area contributed by atoms with Crippen molar-refractivity contribution in [1.82, 2.24) is 10.4 Å². The third kappa shape index (κ3) is 3.87. The number of fused-ring (bicyclic) bond motifs is 1. The van der Waals surface area contributed by atoms with Crippen LogP contribution in [0.2, 0.25) is 0 Å². The van der Waals surface area contributed by atoms with Crippen LogP contribution in [0.4, 0.5) is 5.82 Å². The second kappa shape index (κ2) is 8.32. The third-order valence-electron chi connectivity index (χ3n) is 5.12. The summed E-state index contributed by atoms with van der Waals surface area (Å²) in [5.41, 5.74) is 6.35. The molecule has 0 unspecified atom stereocenters. The molecule has 4 rings (SSSR count). The number of carbonyl (C=O) groups is 2. The average molecular weight is 402 g/mol. The highest BCUT2D eigenvalue weighted by Crippen LogP contribution is 2.30. The molecular weight excluding hydrogens is 380 g/mol. The lowest BCUT2D eigenvalue weighted by Crippen LogP contribution is -2.22. The molecule has 3 aromatic rings. The van der Waals surface area contributed by atoms with Crippen LogP contribution in [-0.4, -0.2) is 22.5 Å².